The van der Waals surface area contributed by atoms with E-state index in [0.717, 1.165) is 17.1 Å². The molecule has 0 bridgehead atoms. The number of nitrogens with zero attached hydrogens (tertiary/aromatic N) is 2. The number of aromatic nitrogens is 2. The van der Waals surface area contributed by atoms with E-state index in [0.29, 0.717) is 29.0 Å². The Morgan fingerprint density at radius 2 is 2.10 bits per heavy atom. The first-order valence-corrected chi connectivity index (χ1v) is 8.74. The van der Waals surface area contributed by atoms with Crippen LogP contribution >= 0.6 is 11.5 Å². The molecule has 2 N–H and O–H groups in total. The van der Waals surface area contributed by atoms with Gasteiger partial charge in [0.2, 0.25) is 5.13 Å². The van der Waals surface area contributed by atoms with Crippen LogP contribution in [0, 0.1) is 0 Å². The molecule has 2 rings (SSSR count). The van der Waals surface area contributed by atoms with Crippen LogP contribution in [0.2, 0.25) is 0 Å². The highest BCUT2D eigenvalue weighted by molar-refractivity contribution is 7.84. The third-order valence-corrected chi connectivity index (χ3v) is 4.55. The number of hydrogen-bond donors (Lipinski definition) is 2. The summed E-state index contributed by atoms with van der Waals surface area (Å²) < 4.78 is 15.4. The molecule has 0 saturated carbocycles. The number of benzene rings is 1. The van der Waals surface area contributed by atoms with Gasteiger partial charge in [0.15, 0.2) is 5.82 Å². The predicted molar refractivity (Wildman–Crippen MR) is 85.9 cm³/mol. The normalized spacial score (nSPS) is 11.9. The Morgan fingerprint density at radius 1 is 1.33 bits per heavy atom. The number of carbonyl (C=O) groups is 1. The van der Waals surface area contributed by atoms with Gasteiger partial charge in [0, 0.05) is 45.9 Å². The molecule has 2 aromatic rings. The molecule has 1 aromatic heterocycles. The molecule has 1 heterocycles. The van der Waals surface area contributed by atoms with Gasteiger partial charge in [-0.15, -0.1) is 0 Å². The van der Waals surface area contributed by atoms with Crippen molar-refractivity contribution in [2.45, 2.75) is 6.92 Å². The number of urea groups is 1. The number of amides is 2. The molecular formula is C13H16N4O2S2. The minimum Gasteiger partial charge on any atom is -0.337 e. The summed E-state index contributed by atoms with van der Waals surface area (Å²) in [6.45, 7) is 2.22. The van der Waals surface area contributed by atoms with Crippen molar-refractivity contribution < 1.29 is 9.00 Å². The first kappa shape index (κ1) is 15.6. The van der Waals surface area contributed by atoms with Crippen molar-refractivity contribution in [1.29, 1.82) is 0 Å². The highest BCUT2D eigenvalue weighted by Gasteiger charge is 2.09. The maximum atomic E-state index is 11.6. The number of carbonyl (C=O) groups excluding carboxylic acids is 1. The Balaban J connectivity index is 1.85. The van der Waals surface area contributed by atoms with Gasteiger partial charge in [-0.25, -0.2) is 4.79 Å². The monoisotopic (exact) mass is 324 g/mol. The van der Waals surface area contributed by atoms with Gasteiger partial charge in [0.05, 0.1) is 0 Å². The van der Waals surface area contributed by atoms with E-state index in [1.807, 2.05) is 37.3 Å². The Morgan fingerprint density at radius 3 is 2.81 bits per heavy atom. The fourth-order valence-electron chi connectivity index (χ4n) is 1.54. The van der Waals surface area contributed by atoms with Crippen LogP contribution in [0.15, 0.2) is 30.3 Å². The molecule has 0 aliphatic rings. The van der Waals surface area contributed by atoms with E-state index >= 15 is 0 Å². The summed E-state index contributed by atoms with van der Waals surface area (Å²) in [6, 6.07) is 9.19. The van der Waals surface area contributed by atoms with E-state index in [1.54, 1.807) is 0 Å². The zero-order valence-corrected chi connectivity index (χ0v) is 13.2. The van der Waals surface area contributed by atoms with E-state index in [-0.39, 0.29) is 6.03 Å². The summed E-state index contributed by atoms with van der Waals surface area (Å²) in [4.78, 5) is 15.9. The van der Waals surface area contributed by atoms with Gasteiger partial charge in [0.1, 0.15) is 0 Å². The van der Waals surface area contributed by atoms with E-state index < -0.39 is 10.8 Å². The second kappa shape index (κ2) is 7.84. The number of rotatable bonds is 6. The lowest BCUT2D eigenvalue weighted by Gasteiger charge is -2.04. The smallest absolute Gasteiger partial charge is 0.321 e. The molecule has 1 aromatic carbocycles. The van der Waals surface area contributed by atoms with E-state index in [2.05, 4.69) is 20.0 Å². The summed E-state index contributed by atoms with van der Waals surface area (Å²) in [6.07, 6.45) is 0. The van der Waals surface area contributed by atoms with E-state index in [4.69, 9.17) is 0 Å². The molecule has 0 spiro atoms. The van der Waals surface area contributed by atoms with Crippen LogP contribution in [0.25, 0.3) is 11.4 Å². The average molecular weight is 324 g/mol. The second-order valence-corrected chi connectivity index (χ2v) is 6.72. The Bertz CT molecular complexity index is 616. The van der Waals surface area contributed by atoms with Gasteiger partial charge in [-0.05, 0) is 0 Å². The molecule has 0 saturated heterocycles. The summed E-state index contributed by atoms with van der Waals surface area (Å²) in [5, 5.41) is 5.69. The number of nitrogens with one attached hydrogen (secondary N) is 2. The molecule has 0 fully saturated rings. The Kier molecular flexibility index (Phi) is 5.82. The van der Waals surface area contributed by atoms with Crippen LogP contribution in [0.4, 0.5) is 9.93 Å². The summed E-state index contributed by atoms with van der Waals surface area (Å²) in [7, 11) is -0.879. The highest BCUT2D eigenvalue weighted by Crippen LogP contribution is 2.20. The minimum atomic E-state index is -0.879. The quantitative estimate of drug-likeness (QED) is 0.852. The van der Waals surface area contributed by atoms with E-state index in [1.165, 1.54) is 0 Å². The minimum absolute atomic E-state index is 0.362. The molecule has 8 heteroatoms. The Hall–Kier alpha value is -1.80. The topological polar surface area (TPSA) is 84.0 Å². The zero-order valence-electron chi connectivity index (χ0n) is 11.5. The highest BCUT2D eigenvalue weighted by atomic mass is 32.2. The largest absolute Gasteiger partial charge is 0.337 e. The van der Waals surface area contributed by atoms with Gasteiger partial charge in [-0.3, -0.25) is 9.53 Å². The van der Waals surface area contributed by atoms with Crippen molar-refractivity contribution in [1.82, 2.24) is 14.7 Å². The maximum Gasteiger partial charge on any atom is 0.321 e. The van der Waals surface area contributed by atoms with Gasteiger partial charge in [-0.2, -0.15) is 9.36 Å². The second-order valence-electron chi connectivity index (χ2n) is 4.10. The van der Waals surface area contributed by atoms with Crippen LogP contribution < -0.4 is 10.6 Å². The molecule has 0 aliphatic heterocycles. The van der Waals surface area contributed by atoms with Crippen LogP contribution in [0.5, 0.6) is 0 Å². The SMILES string of the molecule is CCS(=O)CCNC(=O)Nc1nc(-c2ccccc2)ns1. The zero-order chi connectivity index (χ0) is 15.1. The summed E-state index contributed by atoms with van der Waals surface area (Å²) >= 11 is 1.12. The third kappa shape index (κ3) is 4.91. The van der Waals surface area contributed by atoms with Gasteiger partial charge in [0.25, 0.3) is 0 Å². The van der Waals surface area contributed by atoms with Crippen molar-refractivity contribution in [3.8, 4) is 11.4 Å². The van der Waals surface area contributed by atoms with Crippen molar-refractivity contribution in [2.75, 3.05) is 23.4 Å². The standard InChI is InChI=1S/C13H16N4O2S2/c1-2-21(19)9-8-14-12(18)16-13-15-11(17-20-13)10-6-4-3-5-7-10/h3-7H,2,8-9H2,1H3,(H2,14,15,16,17,18). The lowest BCUT2D eigenvalue weighted by molar-refractivity contribution is 0.252. The maximum absolute atomic E-state index is 11.6. The number of anilines is 1. The fourth-order valence-corrected chi connectivity index (χ4v) is 2.75. The van der Waals surface area contributed by atoms with Crippen LogP contribution in [0.3, 0.4) is 0 Å². The summed E-state index contributed by atoms with van der Waals surface area (Å²) in [5.41, 5.74) is 0.903. The van der Waals surface area contributed by atoms with Gasteiger partial charge < -0.3 is 5.32 Å². The molecule has 1 unspecified atom stereocenters. The predicted octanol–water partition coefficient (Wildman–Crippen LogP) is 2.10. The molecule has 6 nitrogen and oxygen atoms in total. The Labute approximate surface area is 129 Å². The molecule has 2 amide bonds. The van der Waals surface area contributed by atoms with Crippen molar-refractivity contribution in [2.24, 2.45) is 0 Å². The summed E-state index contributed by atoms with van der Waals surface area (Å²) in [5.74, 6) is 1.64. The van der Waals surface area contributed by atoms with Gasteiger partial charge in [-0.1, -0.05) is 37.3 Å². The molecule has 112 valence electrons. The van der Waals surface area contributed by atoms with Gasteiger partial charge >= 0.3 is 6.03 Å². The fraction of sp³-hybridized carbons (Fsp3) is 0.308. The van der Waals surface area contributed by atoms with Crippen LogP contribution in [-0.2, 0) is 10.8 Å². The molecular weight excluding hydrogens is 308 g/mol. The van der Waals surface area contributed by atoms with E-state index in [9.17, 15) is 9.00 Å². The molecule has 1 atom stereocenters. The first-order valence-electron chi connectivity index (χ1n) is 6.48. The molecule has 0 aliphatic carbocycles. The first-order chi connectivity index (χ1) is 10.2. The molecule has 21 heavy (non-hydrogen) atoms. The lowest BCUT2D eigenvalue weighted by atomic mass is 10.2. The van der Waals surface area contributed by atoms with Crippen LogP contribution in [-0.4, -0.2) is 37.6 Å². The third-order valence-electron chi connectivity index (χ3n) is 2.62. The van der Waals surface area contributed by atoms with Crippen molar-refractivity contribution in [3.05, 3.63) is 30.3 Å². The van der Waals surface area contributed by atoms with Crippen molar-refractivity contribution in [3.63, 3.8) is 0 Å². The molecule has 0 radical (unpaired) electrons. The van der Waals surface area contributed by atoms with Crippen molar-refractivity contribution >= 4 is 33.5 Å². The lowest BCUT2D eigenvalue weighted by Crippen LogP contribution is -2.32. The average Bonchev–Trinajstić information content (AvgIpc) is 2.96. The van der Waals surface area contributed by atoms with Crippen LogP contribution in [0.1, 0.15) is 6.92 Å². The number of hydrogen-bond acceptors (Lipinski definition) is 5.